The van der Waals surface area contributed by atoms with Gasteiger partial charge in [-0.2, -0.15) is 0 Å². The van der Waals surface area contributed by atoms with Crippen LogP contribution in [-0.2, 0) is 34.8 Å². The number of ketones is 1. The first kappa shape index (κ1) is 30.0. The van der Waals surface area contributed by atoms with Crippen molar-refractivity contribution in [2.75, 3.05) is 31.3 Å². The molecule has 9 atom stereocenters. The van der Waals surface area contributed by atoms with Gasteiger partial charge in [-0.05, 0) is 51.8 Å². The lowest BCUT2D eigenvalue weighted by atomic mass is 9.52. The quantitative estimate of drug-likeness (QED) is 0.169. The highest BCUT2D eigenvalue weighted by Gasteiger charge is 2.92. The molecule has 6 fully saturated rings. The highest BCUT2D eigenvalue weighted by atomic mass is 33.1. The summed E-state index contributed by atoms with van der Waals surface area (Å²) in [7, 11) is 5.50. The van der Waals surface area contributed by atoms with Crippen LogP contribution >= 0.6 is 44.0 Å². The van der Waals surface area contributed by atoms with Gasteiger partial charge in [0, 0.05) is 25.5 Å². The number of carbonyl (C=O) groups is 5. The molecule has 2 bridgehead atoms. The van der Waals surface area contributed by atoms with Crippen LogP contribution < -0.4 is 10.6 Å². The molecule has 4 N–H and O–H groups in total. The third-order valence-corrected chi connectivity index (χ3v) is 16.9. The fourth-order valence-electron chi connectivity index (χ4n) is 9.77. The number of rotatable bonds is 3. The first-order valence-electron chi connectivity index (χ1n) is 14.9. The van der Waals surface area contributed by atoms with Gasteiger partial charge in [-0.1, -0.05) is 47.2 Å². The predicted octanol–water partition coefficient (Wildman–Crippen LogP) is 0.367. The number of aliphatic hydroxyl groups excluding tert-OH is 2. The van der Waals surface area contributed by atoms with E-state index in [4.69, 9.17) is 0 Å². The smallest absolute Gasteiger partial charge is 0.271 e. The average Bonchev–Trinajstić information content (AvgIpc) is 3.70. The van der Waals surface area contributed by atoms with E-state index in [1.165, 1.54) is 35.7 Å². The Kier molecular flexibility index (Phi) is 5.70. The largest absolute Gasteiger partial charge is 0.388 e. The van der Waals surface area contributed by atoms with Crippen molar-refractivity contribution in [3.05, 3.63) is 59.7 Å². The summed E-state index contributed by atoms with van der Waals surface area (Å²) in [4.78, 5) is 70.4. The zero-order chi connectivity index (χ0) is 33.2. The summed E-state index contributed by atoms with van der Waals surface area (Å²) < 4.78 is 0. The number of benzene rings is 2. The van der Waals surface area contributed by atoms with Gasteiger partial charge in [-0.25, -0.2) is 0 Å². The number of likely N-dealkylation sites (N-methyl/N-ethyl adjacent to an activating group) is 2. The van der Waals surface area contributed by atoms with Crippen LogP contribution in [0.5, 0.6) is 0 Å². The fourth-order valence-corrected chi connectivity index (χ4v) is 15.2. The Morgan fingerprint density at radius 1 is 0.851 bits per heavy atom. The minimum atomic E-state index is -1.96. The summed E-state index contributed by atoms with van der Waals surface area (Å²) in [5, 5.41) is 33.3. The Bertz CT molecular complexity index is 1900. The average molecular weight is 713 g/mol. The SMILES string of the molecule is CC(=O)[C@@]12SSC3(C(=O)N1C)[C@@H](O)[C@]1([C@@]45c6ccccc6N[C@@H]4N4C(=O)CN(C)C(=O)[C@@]4(SS)[C@@H]5O)c4ccccc4N[C@@H]1N3C2=O. The monoisotopic (exact) mass is 712 g/mol. The summed E-state index contributed by atoms with van der Waals surface area (Å²) in [6, 6.07) is 14.2. The second-order valence-corrected chi connectivity index (χ2v) is 16.9. The maximum Gasteiger partial charge on any atom is 0.271 e. The number of para-hydroxylation sites is 2. The number of hydrogen-bond donors (Lipinski definition) is 5. The molecule has 8 heterocycles. The van der Waals surface area contributed by atoms with Crippen molar-refractivity contribution in [3.8, 4) is 0 Å². The number of hydrogen-bond acceptors (Lipinski definition) is 13. The number of amides is 4. The van der Waals surface area contributed by atoms with Crippen LogP contribution in [0.25, 0.3) is 0 Å². The molecule has 2 aromatic carbocycles. The van der Waals surface area contributed by atoms with E-state index in [0.29, 0.717) is 22.5 Å². The van der Waals surface area contributed by atoms with Gasteiger partial charge in [-0.3, -0.25) is 33.8 Å². The molecule has 4 amide bonds. The Hall–Kier alpha value is -3.09. The highest BCUT2D eigenvalue weighted by molar-refractivity contribution is 8.78. The number of nitrogens with zero attached hydrogens (tertiary/aromatic N) is 4. The maximum absolute atomic E-state index is 14.8. The van der Waals surface area contributed by atoms with Gasteiger partial charge in [0.2, 0.25) is 20.5 Å². The number of Topliss-reactive ketones (excluding diaryl/α,β-unsaturated/α-hetero) is 1. The molecular formula is C30H28N6O7S4. The lowest BCUT2D eigenvalue weighted by molar-refractivity contribution is -0.169. The molecule has 17 heteroatoms. The van der Waals surface area contributed by atoms with E-state index in [1.807, 2.05) is 0 Å². The fraction of sp³-hybridized carbons (Fsp3) is 0.433. The highest BCUT2D eigenvalue weighted by Crippen LogP contribution is 2.76. The number of carbonyl (C=O) groups excluding carboxylic acids is 5. The molecular weight excluding hydrogens is 685 g/mol. The molecule has 0 aromatic heterocycles. The van der Waals surface area contributed by atoms with Crippen LogP contribution in [0.2, 0.25) is 0 Å². The molecule has 6 saturated heterocycles. The van der Waals surface area contributed by atoms with Crippen molar-refractivity contribution in [1.29, 1.82) is 0 Å². The van der Waals surface area contributed by atoms with Gasteiger partial charge >= 0.3 is 0 Å². The van der Waals surface area contributed by atoms with E-state index >= 15 is 0 Å². The second-order valence-electron chi connectivity index (χ2n) is 13.0. The predicted molar refractivity (Wildman–Crippen MR) is 178 cm³/mol. The van der Waals surface area contributed by atoms with Gasteiger partial charge in [0.25, 0.3) is 17.7 Å². The van der Waals surface area contributed by atoms with Crippen molar-refractivity contribution in [3.63, 3.8) is 0 Å². The van der Waals surface area contributed by atoms with Crippen molar-refractivity contribution in [2.45, 2.75) is 56.9 Å². The molecule has 0 radical (unpaired) electrons. The zero-order valence-corrected chi connectivity index (χ0v) is 28.4. The molecule has 0 aliphatic carbocycles. The minimum absolute atomic E-state index is 0.258. The van der Waals surface area contributed by atoms with E-state index in [2.05, 4.69) is 22.3 Å². The molecule has 8 aliphatic heterocycles. The van der Waals surface area contributed by atoms with Gasteiger partial charge in [0.1, 0.15) is 24.5 Å². The van der Waals surface area contributed by atoms with Crippen molar-refractivity contribution in [1.82, 2.24) is 19.6 Å². The van der Waals surface area contributed by atoms with E-state index < -0.39 is 79.4 Å². The molecule has 10 rings (SSSR count). The number of aliphatic hydroxyl groups is 2. The van der Waals surface area contributed by atoms with Crippen LogP contribution in [0.15, 0.2) is 48.5 Å². The van der Waals surface area contributed by atoms with Crippen LogP contribution in [0, 0.1) is 0 Å². The van der Waals surface area contributed by atoms with Crippen molar-refractivity contribution >= 4 is 84.8 Å². The van der Waals surface area contributed by atoms with Crippen LogP contribution in [0.1, 0.15) is 18.1 Å². The number of fused-ring (bicyclic) bond motifs is 11. The Labute approximate surface area is 285 Å². The first-order valence-corrected chi connectivity index (χ1v) is 18.9. The Morgan fingerprint density at radius 2 is 1.40 bits per heavy atom. The molecule has 13 nitrogen and oxygen atoms in total. The normalized spacial score (nSPS) is 42.1. The van der Waals surface area contributed by atoms with E-state index in [1.54, 1.807) is 48.5 Å². The van der Waals surface area contributed by atoms with E-state index in [9.17, 15) is 34.2 Å². The molecule has 1 unspecified atom stereocenters. The number of anilines is 2. The van der Waals surface area contributed by atoms with Crippen molar-refractivity contribution < 1.29 is 34.2 Å². The molecule has 2 aromatic rings. The van der Waals surface area contributed by atoms with E-state index in [0.717, 1.165) is 37.3 Å². The molecule has 244 valence electrons. The number of thiol groups is 1. The van der Waals surface area contributed by atoms with Gasteiger partial charge in [0.05, 0.1) is 17.4 Å². The minimum Gasteiger partial charge on any atom is -0.388 e. The maximum atomic E-state index is 14.8. The first-order chi connectivity index (χ1) is 22.4. The summed E-state index contributed by atoms with van der Waals surface area (Å²) in [6.07, 6.45) is -5.81. The van der Waals surface area contributed by atoms with Crippen molar-refractivity contribution in [2.24, 2.45) is 0 Å². The van der Waals surface area contributed by atoms with Gasteiger partial charge in [0.15, 0.2) is 5.78 Å². The third kappa shape index (κ3) is 2.67. The van der Waals surface area contributed by atoms with Crippen LogP contribution in [-0.4, -0.2) is 119 Å². The number of piperazine rings is 2. The lowest BCUT2D eigenvalue weighted by Crippen LogP contribution is -2.79. The Balaban J connectivity index is 1.43. The standard InChI is InChI=1S/C30H28N6O7S4/c1-13(37)28-25(43)36-22-27(15-9-5-7-11-17(15)32-22,20(40)30(36,47-46-28)24(42)34(28)3)26-14-8-4-6-10-16(14)31-21(26)35-18(38)12-33(2)23(41)29(35,45-44)19(26)39/h4-11,19-22,31-32,39-40,44H,12H2,1-3H3/t19-,20+,21-,22-,26-,27-,28+,29+,30?/m1/s1. The number of nitrogens with one attached hydrogen (secondary N) is 2. The summed E-state index contributed by atoms with van der Waals surface area (Å²) in [5.41, 5.74) is -1.47. The van der Waals surface area contributed by atoms with Gasteiger partial charge in [-0.15, -0.1) is 11.7 Å². The molecule has 1 spiro atoms. The lowest BCUT2D eigenvalue weighted by Gasteiger charge is -2.57. The van der Waals surface area contributed by atoms with Gasteiger partial charge < -0.3 is 30.6 Å². The summed E-state index contributed by atoms with van der Waals surface area (Å²) in [5.74, 6) is -2.87. The third-order valence-electron chi connectivity index (χ3n) is 11.5. The summed E-state index contributed by atoms with van der Waals surface area (Å²) >= 11 is 4.53. The van der Waals surface area contributed by atoms with Crippen LogP contribution in [0.3, 0.4) is 0 Å². The molecule has 0 saturated carbocycles. The Morgan fingerprint density at radius 3 is 1.98 bits per heavy atom. The second kappa shape index (κ2) is 8.92. The van der Waals surface area contributed by atoms with E-state index in [-0.39, 0.29) is 6.54 Å². The molecule has 8 aliphatic rings. The molecule has 47 heavy (non-hydrogen) atoms. The summed E-state index contributed by atoms with van der Waals surface area (Å²) in [6.45, 7) is 1.00. The van der Waals surface area contributed by atoms with Crippen LogP contribution in [0.4, 0.5) is 11.4 Å². The topological polar surface area (TPSA) is 163 Å². The zero-order valence-electron chi connectivity index (χ0n) is 25.0.